The number of unbranched alkanes of at least 4 members (excludes halogenated alkanes) is 1. The Labute approximate surface area is 99.3 Å². The lowest BCUT2D eigenvalue weighted by molar-refractivity contribution is -0.136. The number of nitrogens with two attached hydrogens (primary N) is 1. The zero-order valence-corrected chi connectivity index (χ0v) is 10.0. The van der Waals surface area contributed by atoms with E-state index in [0.717, 1.165) is 17.7 Å². The van der Waals surface area contributed by atoms with Gasteiger partial charge in [0.2, 0.25) is 0 Å². The number of thioether (sulfide) groups is 1. The van der Waals surface area contributed by atoms with Gasteiger partial charge in [0.15, 0.2) is 0 Å². The summed E-state index contributed by atoms with van der Waals surface area (Å²) in [7, 11) is 0. The second-order valence-corrected chi connectivity index (χ2v) is 4.75. The number of hydrogen-bond acceptors (Lipinski definition) is 4. The van der Waals surface area contributed by atoms with Crippen LogP contribution in [0.4, 0.5) is 5.69 Å². The van der Waals surface area contributed by atoms with E-state index in [0.29, 0.717) is 12.1 Å². The topological polar surface area (TPSA) is 76.2 Å². The molecule has 0 fully saturated rings. The Hall–Kier alpha value is -1.23. The van der Waals surface area contributed by atoms with Crippen molar-refractivity contribution in [3.8, 4) is 0 Å². The molecule has 0 aromatic carbocycles. The van der Waals surface area contributed by atoms with Gasteiger partial charge in [-0.3, -0.25) is 9.78 Å². The van der Waals surface area contributed by atoms with Gasteiger partial charge in [-0.15, -0.1) is 11.8 Å². The molecule has 0 amide bonds. The Kier molecular flexibility index (Phi) is 5.11. The van der Waals surface area contributed by atoms with Gasteiger partial charge in [-0.25, -0.2) is 0 Å². The average Bonchev–Trinajstić information content (AvgIpc) is 2.26. The van der Waals surface area contributed by atoms with Gasteiger partial charge in [-0.1, -0.05) is 19.8 Å². The van der Waals surface area contributed by atoms with Crippen molar-refractivity contribution in [3.63, 3.8) is 0 Å². The Balaban J connectivity index is 2.68. The molecular weight excluding hydrogens is 224 g/mol. The molecule has 1 rings (SSSR count). The summed E-state index contributed by atoms with van der Waals surface area (Å²) in [4.78, 5) is 15.7. The summed E-state index contributed by atoms with van der Waals surface area (Å²) in [5.41, 5.74) is 6.26. The van der Waals surface area contributed by atoms with Crippen LogP contribution in [0.5, 0.6) is 0 Å². The molecule has 0 saturated carbocycles. The zero-order valence-electron chi connectivity index (χ0n) is 9.22. The highest BCUT2D eigenvalue weighted by Crippen LogP contribution is 2.30. The summed E-state index contributed by atoms with van der Waals surface area (Å²) >= 11 is 1.30. The predicted octanol–water partition coefficient (Wildman–Crippen LogP) is 2.40. The SMILES string of the molecule is CCCCC(Sc1ccncc1N)C(=O)O. The van der Waals surface area contributed by atoms with Gasteiger partial charge in [0.25, 0.3) is 0 Å². The maximum Gasteiger partial charge on any atom is 0.316 e. The first kappa shape index (κ1) is 12.8. The van der Waals surface area contributed by atoms with E-state index >= 15 is 0 Å². The van der Waals surface area contributed by atoms with Crippen molar-refractivity contribution in [1.29, 1.82) is 0 Å². The average molecular weight is 240 g/mol. The van der Waals surface area contributed by atoms with Crippen LogP contribution in [0.1, 0.15) is 26.2 Å². The third kappa shape index (κ3) is 3.73. The van der Waals surface area contributed by atoms with Crippen LogP contribution in [0.3, 0.4) is 0 Å². The molecule has 16 heavy (non-hydrogen) atoms. The van der Waals surface area contributed by atoms with Gasteiger partial charge in [0, 0.05) is 11.1 Å². The Morgan fingerprint density at radius 1 is 1.69 bits per heavy atom. The third-order valence-corrected chi connectivity index (χ3v) is 3.52. The Morgan fingerprint density at radius 3 is 3.00 bits per heavy atom. The van der Waals surface area contributed by atoms with Crippen LogP contribution in [-0.4, -0.2) is 21.3 Å². The van der Waals surface area contributed by atoms with Crippen molar-refractivity contribution in [1.82, 2.24) is 4.98 Å². The summed E-state index contributed by atoms with van der Waals surface area (Å²) in [6.07, 6.45) is 5.74. The first-order chi connectivity index (χ1) is 7.65. The fourth-order valence-corrected chi connectivity index (χ4v) is 2.30. The standard InChI is InChI=1S/C11H16N2O2S/c1-2-3-4-10(11(14)15)16-9-5-6-13-7-8(9)12/h5-7,10H,2-4,12H2,1H3,(H,14,15). The van der Waals surface area contributed by atoms with Gasteiger partial charge >= 0.3 is 5.97 Å². The molecule has 1 aromatic heterocycles. The second-order valence-electron chi connectivity index (χ2n) is 3.50. The number of carboxylic acids is 1. The third-order valence-electron chi connectivity index (χ3n) is 2.17. The molecule has 0 aliphatic rings. The highest BCUT2D eigenvalue weighted by Gasteiger charge is 2.19. The molecule has 4 nitrogen and oxygen atoms in total. The van der Waals surface area contributed by atoms with Gasteiger partial charge in [0.05, 0.1) is 11.9 Å². The van der Waals surface area contributed by atoms with E-state index in [1.165, 1.54) is 11.8 Å². The highest BCUT2D eigenvalue weighted by atomic mass is 32.2. The first-order valence-electron chi connectivity index (χ1n) is 5.24. The van der Waals surface area contributed by atoms with Crippen molar-refractivity contribution >= 4 is 23.4 Å². The van der Waals surface area contributed by atoms with Gasteiger partial charge in [-0.2, -0.15) is 0 Å². The van der Waals surface area contributed by atoms with E-state index in [-0.39, 0.29) is 0 Å². The molecule has 0 saturated heterocycles. The zero-order chi connectivity index (χ0) is 12.0. The number of aromatic nitrogens is 1. The minimum Gasteiger partial charge on any atom is -0.480 e. The molecule has 0 spiro atoms. The van der Waals surface area contributed by atoms with Gasteiger partial charge < -0.3 is 10.8 Å². The van der Waals surface area contributed by atoms with E-state index in [1.807, 2.05) is 6.92 Å². The molecule has 0 bridgehead atoms. The molecule has 1 atom stereocenters. The van der Waals surface area contributed by atoms with Crippen molar-refractivity contribution in [2.75, 3.05) is 5.73 Å². The van der Waals surface area contributed by atoms with Crippen molar-refractivity contribution in [3.05, 3.63) is 18.5 Å². The summed E-state index contributed by atoms with van der Waals surface area (Å²) in [5.74, 6) is -0.783. The van der Waals surface area contributed by atoms with E-state index in [9.17, 15) is 4.79 Å². The maximum absolute atomic E-state index is 11.0. The summed E-state index contributed by atoms with van der Waals surface area (Å²) in [6, 6.07) is 1.75. The molecule has 0 radical (unpaired) electrons. The number of pyridine rings is 1. The summed E-state index contributed by atoms with van der Waals surface area (Å²) in [5, 5.41) is 8.65. The van der Waals surface area contributed by atoms with Crippen LogP contribution in [0.25, 0.3) is 0 Å². The molecule has 0 aliphatic heterocycles. The number of hydrogen-bond donors (Lipinski definition) is 2. The number of nitrogen functional groups attached to an aromatic ring is 1. The van der Waals surface area contributed by atoms with Crippen LogP contribution in [0, 0.1) is 0 Å². The van der Waals surface area contributed by atoms with Crippen molar-refractivity contribution in [2.45, 2.75) is 36.3 Å². The second kappa shape index (κ2) is 6.37. The Bertz CT molecular complexity index is 358. The predicted molar refractivity (Wildman–Crippen MR) is 65.5 cm³/mol. The monoisotopic (exact) mass is 240 g/mol. The number of anilines is 1. The van der Waals surface area contributed by atoms with Crippen LogP contribution < -0.4 is 5.73 Å². The number of nitrogens with zero attached hydrogens (tertiary/aromatic N) is 1. The van der Waals surface area contributed by atoms with E-state index in [2.05, 4.69) is 4.98 Å². The van der Waals surface area contributed by atoms with Crippen molar-refractivity contribution in [2.24, 2.45) is 0 Å². The maximum atomic E-state index is 11.0. The lowest BCUT2D eigenvalue weighted by Gasteiger charge is -2.12. The minimum atomic E-state index is -0.783. The van der Waals surface area contributed by atoms with Crippen LogP contribution >= 0.6 is 11.8 Å². The molecule has 1 aromatic rings. The molecule has 0 aliphatic carbocycles. The molecule has 1 heterocycles. The fourth-order valence-electron chi connectivity index (χ4n) is 1.28. The number of carboxylic acid groups (broad SMARTS) is 1. The summed E-state index contributed by atoms with van der Waals surface area (Å²) < 4.78 is 0. The van der Waals surface area contributed by atoms with Crippen LogP contribution in [0.15, 0.2) is 23.4 Å². The van der Waals surface area contributed by atoms with E-state index in [1.54, 1.807) is 18.5 Å². The quantitative estimate of drug-likeness (QED) is 0.747. The lowest BCUT2D eigenvalue weighted by Crippen LogP contribution is -2.16. The van der Waals surface area contributed by atoms with Gasteiger partial charge in [0.1, 0.15) is 5.25 Å². The first-order valence-corrected chi connectivity index (χ1v) is 6.12. The Morgan fingerprint density at radius 2 is 2.44 bits per heavy atom. The molecule has 1 unspecified atom stereocenters. The molecule has 88 valence electrons. The lowest BCUT2D eigenvalue weighted by atomic mass is 10.2. The normalized spacial score (nSPS) is 12.3. The fraction of sp³-hybridized carbons (Fsp3) is 0.455. The smallest absolute Gasteiger partial charge is 0.316 e. The largest absolute Gasteiger partial charge is 0.480 e. The van der Waals surface area contributed by atoms with Crippen LogP contribution in [0.2, 0.25) is 0 Å². The number of rotatable bonds is 6. The van der Waals surface area contributed by atoms with E-state index < -0.39 is 11.2 Å². The molecule has 5 heteroatoms. The molecule has 3 N–H and O–H groups in total. The van der Waals surface area contributed by atoms with Gasteiger partial charge in [-0.05, 0) is 12.5 Å². The highest BCUT2D eigenvalue weighted by molar-refractivity contribution is 8.00. The minimum absolute atomic E-state index is 0.426. The van der Waals surface area contributed by atoms with Crippen molar-refractivity contribution < 1.29 is 9.90 Å². The summed E-state index contributed by atoms with van der Waals surface area (Å²) in [6.45, 7) is 2.05. The van der Waals surface area contributed by atoms with E-state index in [4.69, 9.17) is 10.8 Å². The number of carbonyl (C=O) groups is 1. The molecular formula is C11H16N2O2S. The number of aliphatic carboxylic acids is 1. The van der Waals surface area contributed by atoms with Crippen LogP contribution in [-0.2, 0) is 4.79 Å².